The zero-order valence-corrected chi connectivity index (χ0v) is 13.9. The van der Waals surface area contributed by atoms with Gasteiger partial charge in [-0.25, -0.2) is 4.98 Å². The monoisotopic (exact) mass is 314 g/mol. The van der Waals surface area contributed by atoms with Gasteiger partial charge in [0.05, 0.1) is 12.2 Å². The Morgan fingerprint density at radius 2 is 2.10 bits per heavy atom. The molecule has 20 heavy (non-hydrogen) atoms. The molecule has 6 heteroatoms. The predicted octanol–water partition coefficient (Wildman–Crippen LogP) is 2.31. The third-order valence-electron chi connectivity index (χ3n) is 3.46. The summed E-state index contributed by atoms with van der Waals surface area (Å²) in [5.74, 6) is 1.43. The van der Waals surface area contributed by atoms with Crippen molar-refractivity contribution in [2.75, 3.05) is 11.5 Å². The Labute approximate surface area is 128 Å². The van der Waals surface area contributed by atoms with Crippen LogP contribution in [0.4, 0.5) is 0 Å². The molecule has 112 valence electrons. The lowest BCUT2D eigenvalue weighted by atomic mass is 9.93. The van der Waals surface area contributed by atoms with Crippen molar-refractivity contribution in [3.05, 3.63) is 16.1 Å². The van der Waals surface area contributed by atoms with Crippen molar-refractivity contribution in [3.8, 4) is 0 Å². The third kappa shape index (κ3) is 3.74. The number of carbonyl (C=O) groups is 1. The Hall–Kier alpha value is -0.590. The minimum absolute atomic E-state index is 0.0254. The van der Waals surface area contributed by atoms with Gasteiger partial charge in [0.25, 0.3) is 5.91 Å². The average Bonchev–Trinajstić information content (AvgIpc) is 2.85. The number of aromatic nitrogens is 1. The number of amides is 1. The van der Waals surface area contributed by atoms with Crippen LogP contribution < -0.4 is 5.32 Å². The number of hydrogen-bond acceptors (Lipinski definition) is 5. The van der Waals surface area contributed by atoms with E-state index >= 15 is 0 Å². The maximum atomic E-state index is 12.1. The average molecular weight is 314 g/mol. The summed E-state index contributed by atoms with van der Waals surface area (Å²) in [7, 11) is 0. The Morgan fingerprint density at radius 1 is 1.45 bits per heavy atom. The highest BCUT2D eigenvalue weighted by Crippen LogP contribution is 2.27. The zero-order chi connectivity index (χ0) is 14.8. The second-order valence-electron chi connectivity index (χ2n) is 6.20. The number of thiazole rings is 1. The van der Waals surface area contributed by atoms with E-state index in [1.54, 1.807) is 23.1 Å². The predicted molar refractivity (Wildman–Crippen MR) is 84.2 cm³/mol. The molecule has 1 aromatic rings. The molecule has 0 aliphatic carbocycles. The van der Waals surface area contributed by atoms with Gasteiger partial charge in [-0.15, -0.1) is 11.3 Å². The molecule has 1 aliphatic rings. The highest BCUT2D eigenvalue weighted by Gasteiger charge is 2.37. The molecular formula is C14H22N2O2S2. The van der Waals surface area contributed by atoms with Crippen LogP contribution >= 0.6 is 23.1 Å². The topological polar surface area (TPSA) is 62.2 Å². The van der Waals surface area contributed by atoms with Crippen LogP contribution in [0.3, 0.4) is 0 Å². The number of aliphatic hydroxyl groups is 1. The van der Waals surface area contributed by atoms with Crippen LogP contribution in [0, 0.1) is 0 Å². The van der Waals surface area contributed by atoms with E-state index in [0.717, 1.165) is 22.2 Å². The number of nitrogens with zero attached hydrogens (tertiary/aromatic N) is 1. The number of hydrogen-bond donors (Lipinski definition) is 2. The Kier molecular flexibility index (Phi) is 4.76. The Balaban J connectivity index is 1.91. The highest BCUT2D eigenvalue weighted by atomic mass is 32.2. The minimum Gasteiger partial charge on any atom is -0.380 e. The Bertz CT molecular complexity index is 474. The van der Waals surface area contributed by atoms with Gasteiger partial charge in [-0.2, -0.15) is 11.8 Å². The van der Waals surface area contributed by atoms with Crippen molar-refractivity contribution in [3.63, 3.8) is 0 Å². The molecule has 1 amide bonds. The SMILES string of the molecule is CC(C)(C)c1csc(CNC(=O)C2(O)CCSCC2)n1. The highest BCUT2D eigenvalue weighted by molar-refractivity contribution is 7.99. The minimum atomic E-state index is -1.19. The van der Waals surface area contributed by atoms with Crippen LogP contribution in [0.15, 0.2) is 5.38 Å². The van der Waals surface area contributed by atoms with E-state index in [0.29, 0.717) is 19.4 Å². The molecule has 0 radical (unpaired) electrons. The van der Waals surface area contributed by atoms with Gasteiger partial charge < -0.3 is 10.4 Å². The van der Waals surface area contributed by atoms with Crippen LogP contribution in [-0.4, -0.2) is 33.1 Å². The van der Waals surface area contributed by atoms with Gasteiger partial charge >= 0.3 is 0 Å². The van der Waals surface area contributed by atoms with Gasteiger partial charge in [0.15, 0.2) is 0 Å². The number of nitrogens with one attached hydrogen (secondary N) is 1. The van der Waals surface area contributed by atoms with E-state index in [-0.39, 0.29) is 11.3 Å². The molecule has 2 N–H and O–H groups in total. The molecule has 1 saturated heterocycles. The van der Waals surface area contributed by atoms with Crippen molar-refractivity contribution >= 4 is 29.0 Å². The van der Waals surface area contributed by atoms with E-state index in [2.05, 4.69) is 31.1 Å². The standard InChI is InChI=1S/C14H22N2O2S2/c1-13(2,3)10-9-20-11(16-10)8-15-12(17)14(18)4-6-19-7-5-14/h9,18H,4-8H2,1-3H3,(H,15,17). The van der Waals surface area contributed by atoms with E-state index in [1.165, 1.54) is 0 Å². The van der Waals surface area contributed by atoms with Crippen LogP contribution in [0.5, 0.6) is 0 Å². The molecule has 0 unspecified atom stereocenters. The molecule has 0 spiro atoms. The molecule has 0 bridgehead atoms. The maximum absolute atomic E-state index is 12.1. The summed E-state index contributed by atoms with van der Waals surface area (Å²) < 4.78 is 0. The smallest absolute Gasteiger partial charge is 0.252 e. The molecule has 2 rings (SSSR count). The first-order chi connectivity index (χ1) is 9.31. The first-order valence-corrected chi connectivity index (χ1v) is 8.88. The number of thioether (sulfide) groups is 1. The van der Waals surface area contributed by atoms with Crippen molar-refractivity contribution in [2.24, 2.45) is 0 Å². The third-order valence-corrected chi connectivity index (χ3v) is 5.30. The van der Waals surface area contributed by atoms with Crippen molar-refractivity contribution in [2.45, 2.75) is 51.2 Å². The summed E-state index contributed by atoms with van der Waals surface area (Å²) in [4.78, 5) is 16.6. The maximum Gasteiger partial charge on any atom is 0.252 e. The summed E-state index contributed by atoms with van der Waals surface area (Å²) >= 11 is 3.34. The summed E-state index contributed by atoms with van der Waals surface area (Å²) in [6, 6.07) is 0. The fourth-order valence-corrected chi connectivity index (χ4v) is 4.12. The second-order valence-corrected chi connectivity index (χ2v) is 8.37. The fourth-order valence-electron chi connectivity index (χ4n) is 1.99. The molecular weight excluding hydrogens is 292 g/mol. The fraction of sp³-hybridized carbons (Fsp3) is 0.714. The van der Waals surface area contributed by atoms with Gasteiger partial charge in [0, 0.05) is 10.8 Å². The number of carbonyl (C=O) groups excluding carboxylic acids is 1. The van der Waals surface area contributed by atoms with Gasteiger partial charge in [-0.3, -0.25) is 4.79 Å². The van der Waals surface area contributed by atoms with Gasteiger partial charge in [-0.1, -0.05) is 20.8 Å². The van der Waals surface area contributed by atoms with Gasteiger partial charge in [0.1, 0.15) is 10.6 Å². The molecule has 0 saturated carbocycles. The van der Waals surface area contributed by atoms with Crippen LogP contribution in [0.1, 0.15) is 44.3 Å². The molecule has 0 aromatic carbocycles. The zero-order valence-electron chi connectivity index (χ0n) is 12.2. The summed E-state index contributed by atoms with van der Waals surface area (Å²) in [5, 5.41) is 16.1. The van der Waals surface area contributed by atoms with E-state index in [4.69, 9.17) is 0 Å². The van der Waals surface area contributed by atoms with E-state index < -0.39 is 5.60 Å². The van der Waals surface area contributed by atoms with Crippen LogP contribution in [0.2, 0.25) is 0 Å². The molecule has 2 heterocycles. The molecule has 0 atom stereocenters. The lowest BCUT2D eigenvalue weighted by Crippen LogP contribution is -2.48. The van der Waals surface area contributed by atoms with Crippen LogP contribution in [-0.2, 0) is 16.8 Å². The lowest BCUT2D eigenvalue weighted by molar-refractivity contribution is -0.140. The van der Waals surface area contributed by atoms with E-state index in [9.17, 15) is 9.90 Å². The first-order valence-electron chi connectivity index (χ1n) is 6.85. The van der Waals surface area contributed by atoms with Gasteiger partial charge in [0.2, 0.25) is 0 Å². The largest absolute Gasteiger partial charge is 0.380 e. The normalized spacial score (nSPS) is 18.8. The van der Waals surface area contributed by atoms with Crippen molar-refractivity contribution in [1.82, 2.24) is 10.3 Å². The first kappa shape index (κ1) is 15.8. The van der Waals surface area contributed by atoms with E-state index in [1.807, 2.05) is 5.38 Å². The van der Waals surface area contributed by atoms with Gasteiger partial charge in [-0.05, 0) is 24.3 Å². The lowest BCUT2D eigenvalue weighted by Gasteiger charge is -2.30. The summed E-state index contributed by atoms with van der Waals surface area (Å²) in [6.45, 7) is 6.75. The molecule has 1 aliphatic heterocycles. The van der Waals surface area contributed by atoms with Crippen molar-refractivity contribution < 1.29 is 9.90 Å². The molecule has 1 fully saturated rings. The Morgan fingerprint density at radius 3 is 2.65 bits per heavy atom. The second kappa shape index (κ2) is 6.03. The summed E-state index contributed by atoms with van der Waals surface area (Å²) in [5.41, 5.74) is -0.119. The molecule has 1 aromatic heterocycles. The summed E-state index contributed by atoms with van der Waals surface area (Å²) in [6.07, 6.45) is 1.07. The van der Waals surface area contributed by atoms with Crippen molar-refractivity contribution in [1.29, 1.82) is 0 Å². The molecule has 4 nitrogen and oxygen atoms in total. The van der Waals surface area contributed by atoms with Crippen LogP contribution in [0.25, 0.3) is 0 Å². The number of rotatable bonds is 3. The quantitative estimate of drug-likeness (QED) is 0.899.